The lowest BCUT2D eigenvalue weighted by Crippen LogP contribution is -2.28. The van der Waals surface area contributed by atoms with Gasteiger partial charge in [-0.15, -0.1) is 0 Å². The molecule has 0 fully saturated rings. The maximum atomic E-state index is 11.0. The fourth-order valence-corrected chi connectivity index (χ4v) is 1.30. The Morgan fingerprint density at radius 1 is 1.39 bits per heavy atom. The summed E-state index contributed by atoms with van der Waals surface area (Å²) in [7, 11) is 0. The molecule has 0 aliphatic carbocycles. The van der Waals surface area contributed by atoms with Gasteiger partial charge in [-0.3, -0.25) is 10.1 Å². The van der Waals surface area contributed by atoms with E-state index in [0.717, 1.165) is 0 Å². The van der Waals surface area contributed by atoms with E-state index in [1.165, 1.54) is 6.33 Å². The quantitative estimate of drug-likeness (QED) is 0.382. The van der Waals surface area contributed by atoms with Gasteiger partial charge in [-0.2, -0.15) is 0 Å². The first kappa shape index (κ1) is 14.1. The summed E-state index contributed by atoms with van der Waals surface area (Å²) in [4.78, 5) is 17.9. The summed E-state index contributed by atoms with van der Waals surface area (Å²) in [6.45, 7) is 1.52. The van der Waals surface area contributed by atoms with Crippen molar-refractivity contribution >= 4 is 17.3 Å². The maximum Gasteiger partial charge on any atom is 0.353 e. The van der Waals surface area contributed by atoms with Crippen LogP contribution in [0.2, 0.25) is 0 Å². The number of hydrogen-bond acceptors (Lipinski definition) is 8. The van der Waals surface area contributed by atoms with Crippen LogP contribution in [-0.4, -0.2) is 50.9 Å². The van der Waals surface area contributed by atoms with Crippen molar-refractivity contribution in [1.82, 2.24) is 9.97 Å². The van der Waals surface area contributed by atoms with Crippen molar-refractivity contribution in [2.75, 3.05) is 30.4 Å². The summed E-state index contributed by atoms with van der Waals surface area (Å²) in [5.41, 5.74) is -0.314. The van der Waals surface area contributed by atoms with Gasteiger partial charge in [0.05, 0.1) is 24.2 Å². The van der Waals surface area contributed by atoms with E-state index < -0.39 is 11.0 Å². The molecule has 1 aromatic rings. The Balaban J connectivity index is 3.09. The molecule has 1 aromatic heterocycles. The van der Waals surface area contributed by atoms with Crippen molar-refractivity contribution in [3.63, 3.8) is 0 Å². The first-order chi connectivity index (χ1) is 8.63. The van der Waals surface area contributed by atoms with Crippen molar-refractivity contribution in [2.24, 2.45) is 0 Å². The highest BCUT2D eigenvalue weighted by atomic mass is 16.6. The van der Waals surface area contributed by atoms with Crippen molar-refractivity contribution in [2.45, 2.75) is 13.0 Å². The fraction of sp³-hybridized carbons (Fsp3) is 0.556. The average Bonchev–Trinajstić information content (AvgIpc) is 2.36. The van der Waals surface area contributed by atoms with Crippen LogP contribution in [0.25, 0.3) is 0 Å². The van der Waals surface area contributed by atoms with E-state index in [-0.39, 0.29) is 30.5 Å². The third-order valence-electron chi connectivity index (χ3n) is 2.13. The van der Waals surface area contributed by atoms with Crippen LogP contribution in [-0.2, 0) is 0 Å². The van der Waals surface area contributed by atoms with E-state index in [1.54, 1.807) is 6.92 Å². The molecule has 0 aliphatic rings. The topological polar surface area (TPSA) is 133 Å². The monoisotopic (exact) mass is 257 g/mol. The Hall–Kier alpha value is -2.00. The zero-order chi connectivity index (χ0) is 13.5. The lowest BCUT2D eigenvalue weighted by molar-refractivity contribution is -0.383. The predicted octanol–water partition coefficient (Wildman–Crippen LogP) is -0.418. The molecular weight excluding hydrogens is 242 g/mol. The standard InChI is InChI=1S/C9H15N5O4/c1-2-10-8-7(14(17)18)9(12-5-11-8)13-6(3-15)4-16/h5-6,15-16H,2-4H2,1H3,(H2,10,11,12,13). The maximum absolute atomic E-state index is 11.0. The number of anilines is 2. The number of nitro groups is 1. The molecule has 0 spiro atoms. The minimum atomic E-state index is -0.715. The number of nitrogens with zero attached hydrogens (tertiary/aromatic N) is 3. The highest BCUT2D eigenvalue weighted by Crippen LogP contribution is 2.28. The Morgan fingerprint density at radius 2 is 2.00 bits per heavy atom. The number of hydrogen-bond donors (Lipinski definition) is 4. The van der Waals surface area contributed by atoms with Crippen LogP contribution in [0.3, 0.4) is 0 Å². The third kappa shape index (κ3) is 3.25. The zero-order valence-corrected chi connectivity index (χ0v) is 9.83. The van der Waals surface area contributed by atoms with Gasteiger partial charge in [0, 0.05) is 6.54 Å². The Morgan fingerprint density at radius 3 is 2.50 bits per heavy atom. The first-order valence-corrected chi connectivity index (χ1v) is 5.35. The molecule has 9 heteroatoms. The molecule has 0 radical (unpaired) electrons. The van der Waals surface area contributed by atoms with E-state index in [1.807, 2.05) is 0 Å². The van der Waals surface area contributed by atoms with Crippen LogP contribution in [0, 0.1) is 10.1 Å². The van der Waals surface area contributed by atoms with Crippen LogP contribution in [0.4, 0.5) is 17.3 Å². The zero-order valence-electron chi connectivity index (χ0n) is 9.83. The second-order valence-electron chi connectivity index (χ2n) is 3.41. The highest BCUT2D eigenvalue weighted by Gasteiger charge is 2.24. The molecule has 1 heterocycles. The van der Waals surface area contributed by atoms with Crippen molar-refractivity contribution in [3.05, 3.63) is 16.4 Å². The molecule has 0 saturated heterocycles. The first-order valence-electron chi connectivity index (χ1n) is 5.35. The van der Waals surface area contributed by atoms with Crippen LogP contribution >= 0.6 is 0 Å². The van der Waals surface area contributed by atoms with Gasteiger partial charge in [0.15, 0.2) is 0 Å². The molecule has 0 unspecified atom stereocenters. The second-order valence-corrected chi connectivity index (χ2v) is 3.41. The van der Waals surface area contributed by atoms with E-state index >= 15 is 0 Å². The van der Waals surface area contributed by atoms with E-state index in [4.69, 9.17) is 10.2 Å². The molecule has 0 amide bonds. The van der Waals surface area contributed by atoms with Gasteiger partial charge < -0.3 is 20.8 Å². The smallest absolute Gasteiger partial charge is 0.353 e. The summed E-state index contributed by atoms with van der Waals surface area (Å²) in [5, 5.41) is 34.2. The Labute approximate surface area is 103 Å². The lowest BCUT2D eigenvalue weighted by Gasteiger charge is -2.14. The van der Waals surface area contributed by atoms with Crippen LogP contribution in [0.15, 0.2) is 6.33 Å². The number of aliphatic hydroxyl groups is 2. The van der Waals surface area contributed by atoms with Crippen molar-refractivity contribution in [1.29, 1.82) is 0 Å². The van der Waals surface area contributed by atoms with Crippen molar-refractivity contribution in [3.8, 4) is 0 Å². The van der Waals surface area contributed by atoms with Gasteiger partial charge in [-0.05, 0) is 6.92 Å². The third-order valence-corrected chi connectivity index (χ3v) is 2.13. The van der Waals surface area contributed by atoms with Gasteiger partial charge in [-0.25, -0.2) is 9.97 Å². The number of aromatic nitrogens is 2. The average molecular weight is 257 g/mol. The van der Waals surface area contributed by atoms with E-state index in [0.29, 0.717) is 6.54 Å². The van der Waals surface area contributed by atoms with E-state index in [9.17, 15) is 10.1 Å². The predicted molar refractivity (Wildman–Crippen MR) is 64.4 cm³/mol. The van der Waals surface area contributed by atoms with Gasteiger partial charge >= 0.3 is 5.69 Å². The van der Waals surface area contributed by atoms with Gasteiger partial charge in [0.2, 0.25) is 11.6 Å². The summed E-state index contributed by atoms with van der Waals surface area (Å²) < 4.78 is 0. The fourth-order valence-electron chi connectivity index (χ4n) is 1.30. The number of aliphatic hydroxyl groups excluding tert-OH is 2. The summed E-state index contributed by atoms with van der Waals surface area (Å²) >= 11 is 0. The Bertz CT molecular complexity index is 410. The molecule has 0 bridgehead atoms. The summed E-state index contributed by atoms with van der Waals surface area (Å²) in [5.74, 6) is 0.0497. The number of rotatable bonds is 7. The minimum Gasteiger partial charge on any atom is -0.394 e. The van der Waals surface area contributed by atoms with Gasteiger partial charge in [-0.1, -0.05) is 0 Å². The number of nitrogens with one attached hydrogen (secondary N) is 2. The molecular formula is C9H15N5O4. The normalized spacial score (nSPS) is 10.4. The molecule has 0 aromatic carbocycles. The highest BCUT2D eigenvalue weighted by molar-refractivity contribution is 5.69. The Kier molecular flexibility index (Phi) is 5.21. The van der Waals surface area contributed by atoms with E-state index in [2.05, 4.69) is 20.6 Å². The molecule has 100 valence electrons. The minimum absolute atomic E-state index is 0.0425. The lowest BCUT2D eigenvalue weighted by atomic mass is 10.3. The SMILES string of the molecule is CCNc1ncnc(NC(CO)CO)c1[N+](=O)[O-]. The molecule has 18 heavy (non-hydrogen) atoms. The van der Waals surface area contributed by atoms with Crippen LogP contribution in [0.1, 0.15) is 6.92 Å². The van der Waals surface area contributed by atoms with Crippen LogP contribution < -0.4 is 10.6 Å². The van der Waals surface area contributed by atoms with Gasteiger partial charge in [0.25, 0.3) is 0 Å². The molecule has 0 saturated carbocycles. The van der Waals surface area contributed by atoms with Gasteiger partial charge in [0.1, 0.15) is 6.33 Å². The van der Waals surface area contributed by atoms with Crippen LogP contribution in [0.5, 0.6) is 0 Å². The largest absolute Gasteiger partial charge is 0.394 e. The second kappa shape index (κ2) is 6.67. The summed E-state index contributed by atoms with van der Waals surface area (Å²) in [6.07, 6.45) is 1.17. The molecule has 9 nitrogen and oxygen atoms in total. The van der Waals surface area contributed by atoms with Crippen molar-refractivity contribution < 1.29 is 15.1 Å². The molecule has 0 atom stereocenters. The molecule has 1 rings (SSSR count). The molecule has 4 N–H and O–H groups in total. The molecule has 0 aliphatic heterocycles. The summed E-state index contributed by atoms with van der Waals surface area (Å²) in [6, 6.07) is -0.715.